The van der Waals surface area contributed by atoms with Gasteiger partial charge in [-0.05, 0) is 42.4 Å². The fourth-order valence-electron chi connectivity index (χ4n) is 1.48. The summed E-state index contributed by atoms with van der Waals surface area (Å²) in [5.41, 5.74) is 1.30. The average Bonchev–Trinajstić information content (AvgIpc) is 2.18. The molecule has 0 saturated carbocycles. The van der Waals surface area contributed by atoms with Gasteiger partial charge in [0.15, 0.2) is 0 Å². The summed E-state index contributed by atoms with van der Waals surface area (Å²) in [6.45, 7) is 6.22. The number of aryl methyl sites for hydroxylation is 1. The maximum Gasteiger partial charge on any atom is 0.0588 e. The molecule has 0 aromatic carbocycles. The third-order valence-corrected chi connectivity index (χ3v) is 2.69. The van der Waals surface area contributed by atoms with E-state index in [9.17, 15) is 5.11 Å². The van der Waals surface area contributed by atoms with Crippen molar-refractivity contribution in [1.29, 1.82) is 0 Å². The highest BCUT2D eigenvalue weighted by Gasteiger charge is 2.21. The minimum Gasteiger partial charge on any atom is -0.393 e. The molecule has 1 unspecified atom stereocenters. The first-order valence-corrected chi connectivity index (χ1v) is 5.57. The van der Waals surface area contributed by atoms with Crippen molar-refractivity contribution in [2.45, 2.75) is 46.1 Å². The molecule has 1 atom stereocenters. The molecular formula is C13H21NO. The van der Waals surface area contributed by atoms with Crippen molar-refractivity contribution in [2.24, 2.45) is 5.41 Å². The van der Waals surface area contributed by atoms with Crippen LogP contribution in [0.1, 0.15) is 39.2 Å². The van der Waals surface area contributed by atoms with E-state index in [1.54, 1.807) is 0 Å². The van der Waals surface area contributed by atoms with Crippen LogP contribution >= 0.6 is 0 Å². The normalized spacial score (nSPS) is 13.9. The summed E-state index contributed by atoms with van der Waals surface area (Å²) in [6.07, 6.45) is 6.34. The van der Waals surface area contributed by atoms with E-state index in [2.05, 4.69) is 25.8 Å². The van der Waals surface area contributed by atoms with Gasteiger partial charge in [0.05, 0.1) is 6.10 Å². The van der Waals surface area contributed by atoms with Crippen LogP contribution in [-0.2, 0) is 6.42 Å². The lowest BCUT2D eigenvalue weighted by molar-refractivity contribution is 0.0540. The van der Waals surface area contributed by atoms with Crippen LogP contribution in [0, 0.1) is 5.41 Å². The van der Waals surface area contributed by atoms with Crippen LogP contribution in [0.25, 0.3) is 0 Å². The lowest BCUT2D eigenvalue weighted by atomic mass is 9.86. The van der Waals surface area contributed by atoms with Crippen molar-refractivity contribution in [3.8, 4) is 0 Å². The largest absolute Gasteiger partial charge is 0.393 e. The number of nitrogens with zero attached hydrogens (tertiary/aromatic N) is 1. The molecule has 0 aliphatic rings. The minimum absolute atomic E-state index is 0.00174. The maximum absolute atomic E-state index is 9.85. The zero-order valence-corrected chi connectivity index (χ0v) is 9.90. The zero-order chi connectivity index (χ0) is 11.3. The number of aliphatic hydroxyl groups excluding tert-OH is 1. The number of aromatic nitrogens is 1. The van der Waals surface area contributed by atoms with Gasteiger partial charge in [0.25, 0.3) is 0 Å². The number of hydrogen-bond donors (Lipinski definition) is 1. The standard InChI is InChI=1S/C13H21NO/c1-13(2,3)12(15)6-4-5-11-7-9-14-10-8-11/h7-10,12,15H,4-6H2,1-3H3. The highest BCUT2D eigenvalue weighted by molar-refractivity contribution is 5.09. The molecule has 2 heteroatoms. The maximum atomic E-state index is 9.85. The molecule has 2 nitrogen and oxygen atoms in total. The highest BCUT2D eigenvalue weighted by Crippen LogP contribution is 2.23. The third-order valence-electron chi connectivity index (χ3n) is 2.69. The van der Waals surface area contributed by atoms with Crippen LogP contribution in [0.2, 0.25) is 0 Å². The molecule has 84 valence electrons. The first kappa shape index (κ1) is 12.2. The Labute approximate surface area is 92.4 Å². The summed E-state index contributed by atoms with van der Waals surface area (Å²) >= 11 is 0. The molecular weight excluding hydrogens is 186 g/mol. The van der Waals surface area contributed by atoms with Gasteiger partial charge in [0, 0.05) is 12.4 Å². The van der Waals surface area contributed by atoms with Crippen molar-refractivity contribution in [3.05, 3.63) is 30.1 Å². The molecule has 1 heterocycles. The first-order valence-electron chi connectivity index (χ1n) is 5.57. The molecule has 1 N–H and O–H groups in total. The second-order valence-corrected chi connectivity index (χ2v) is 5.13. The van der Waals surface area contributed by atoms with Gasteiger partial charge in [0.1, 0.15) is 0 Å². The Morgan fingerprint density at radius 2 is 1.87 bits per heavy atom. The van der Waals surface area contributed by atoms with E-state index in [4.69, 9.17) is 0 Å². The van der Waals surface area contributed by atoms with Crippen LogP contribution in [0.3, 0.4) is 0 Å². The summed E-state index contributed by atoms with van der Waals surface area (Å²) in [4.78, 5) is 3.98. The summed E-state index contributed by atoms with van der Waals surface area (Å²) < 4.78 is 0. The molecule has 1 aromatic heterocycles. The van der Waals surface area contributed by atoms with Gasteiger partial charge in [-0.15, -0.1) is 0 Å². The summed E-state index contributed by atoms with van der Waals surface area (Å²) in [5, 5.41) is 9.85. The van der Waals surface area contributed by atoms with Gasteiger partial charge in [0.2, 0.25) is 0 Å². The average molecular weight is 207 g/mol. The number of aliphatic hydroxyl groups is 1. The van der Waals surface area contributed by atoms with Gasteiger partial charge in [-0.1, -0.05) is 20.8 Å². The van der Waals surface area contributed by atoms with Crippen LogP contribution in [0.15, 0.2) is 24.5 Å². The Morgan fingerprint density at radius 1 is 1.27 bits per heavy atom. The Hall–Kier alpha value is -0.890. The van der Waals surface area contributed by atoms with E-state index in [0.29, 0.717) is 0 Å². The highest BCUT2D eigenvalue weighted by atomic mass is 16.3. The summed E-state index contributed by atoms with van der Waals surface area (Å²) in [6, 6.07) is 4.06. The van der Waals surface area contributed by atoms with E-state index < -0.39 is 0 Å². The number of rotatable bonds is 4. The van der Waals surface area contributed by atoms with Crippen molar-refractivity contribution in [2.75, 3.05) is 0 Å². The third kappa shape index (κ3) is 4.43. The van der Waals surface area contributed by atoms with Crippen LogP contribution in [0.4, 0.5) is 0 Å². The Kier molecular flexibility index (Phi) is 4.28. The van der Waals surface area contributed by atoms with E-state index in [0.717, 1.165) is 19.3 Å². The molecule has 0 aliphatic heterocycles. The molecule has 0 amide bonds. The van der Waals surface area contributed by atoms with Crippen molar-refractivity contribution in [1.82, 2.24) is 4.98 Å². The second-order valence-electron chi connectivity index (χ2n) is 5.13. The Morgan fingerprint density at radius 3 is 2.40 bits per heavy atom. The fourth-order valence-corrected chi connectivity index (χ4v) is 1.48. The Balaban J connectivity index is 2.28. The van der Waals surface area contributed by atoms with Gasteiger partial charge in [-0.3, -0.25) is 4.98 Å². The lowest BCUT2D eigenvalue weighted by Gasteiger charge is -2.25. The molecule has 1 rings (SSSR count). The van der Waals surface area contributed by atoms with Crippen LogP contribution in [-0.4, -0.2) is 16.2 Å². The predicted molar refractivity (Wildman–Crippen MR) is 62.6 cm³/mol. The molecule has 0 fully saturated rings. The van der Waals surface area contributed by atoms with Crippen LogP contribution in [0.5, 0.6) is 0 Å². The van der Waals surface area contributed by atoms with Gasteiger partial charge in [-0.25, -0.2) is 0 Å². The molecule has 0 saturated heterocycles. The molecule has 0 aliphatic carbocycles. The monoisotopic (exact) mass is 207 g/mol. The van der Waals surface area contributed by atoms with Crippen molar-refractivity contribution in [3.63, 3.8) is 0 Å². The van der Waals surface area contributed by atoms with Gasteiger partial charge >= 0.3 is 0 Å². The summed E-state index contributed by atoms with van der Waals surface area (Å²) in [7, 11) is 0. The second kappa shape index (κ2) is 5.26. The van der Waals surface area contributed by atoms with E-state index in [1.807, 2.05) is 24.5 Å². The van der Waals surface area contributed by atoms with Gasteiger partial charge < -0.3 is 5.11 Å². The molecule has 0 spiro atoms. The smallest absolute Gasteiger partial charge is 0.0588 e. The number of pyridine rings is 1. The zero-order valence-electron chi connectivity index (χ0n) is 9.90. The van der Waals surface area contributed by atoms with E-state index in [1.165, 1.54) is 5.56 Å². The van der Waals surface area contributed by atoms with E-state index in [-0.39, 0.29) is 11.5 Å². The fraction of sp³-hybridized carbons (Fsp3) is 0.615. The van der Waals surface area contributed by atoms with Crippen LogP contribution < -0.4 is 0 Å². The lowest BCUT2D eigenvalue weighted by Crippen LogP contribution is -2.25. The molecule has 15 heavy (non-hydrogen) atoms. The SMILES string of the molecule is CC(C)(C)C(O)CCCc1ccncc1. The molecule has 0 radical (unpaired) electrons. The molecule has 1 aromatic rings. The summed E-state index contributed by atoms with van der Waals surface area (Å²) in [5.74, 6) is 0. The quantitative estimate of drug-likeness (QED) is 0.823. The van der Waals surface area contributed by atoms with Crippen molar-refractivity contribution >= 4 is 0 Å². The van der Waals surface area contributed by atoms with Gasteiger partial charge in [-0.2, -0.15) is 0 Å². The van der Waals surface area contributed by atoms with Crippen molar-refractivity contribution < 1.29 is 5.11 Å². The Bertz CT molecular complexity index is 276. The minimum atomic E-state index is -0.209. The predicted octanol–water partition coefficient (Wildman–Crippen LogP) is 2.81. The number of hydrogen-bond acceptors (Lipinski definition) is 2. The van der Waals surface area contributed by atoms with E-state index >= 15 is 0 Å². The molecule has 0 bridgehead atoms. The first-order chi connectivity index (χ1) is 7.00. The topological polar surface area (TPSA) is 33.1 Å².